The largest absolute Gasteiger partial charge is 0.334 e. The van der Waals surface area contributed by atoms with Gasteiger partial charge < -0.3 is 20.1 Å². The summed E-state index contributed by atoms with van der Waals surface area (Å²) in [6.45, 7) is 0.422. The van der Waals surface area contributed by atoms with E-state index in [1.54, 1.807) is 36.3 Å². The average molecular weight is 488 g/mol. The van der Waals surface area contributed by atoms with Gasteiger partial charge in [0.2, 0.25) is 0 Å². The van der Waals surface area contributed by atoms with Crippen LogP contribution in [-0.4, -0.2) is 17.3 Å². The van der Waals surface area contributed by atoms with Crippen LogP contribution in [0.5, 0.6) is 0 Å². The van der Waals surface area contributed by atoms with Gasteiger partial charge in [0.05, 0.1) is 0 Å². The molecule has 6 nitrogen and oxygen atoms in total. The van der Waals surface area contributed by atoms with Crippen molar-refractivity contribution in [1.29, 1.82) is 0 Å². The third kappa shape index (κ3) is 6.69. The predicted molar refractivity (Wildman–Crippen MR) is 145 cm³/mol. The number of nitrogens with one attached hydrogen (secondary N) is 4. The summed E-state index contributed by atoms with van der Waals surface area (Å²) in [4.78, 5) is 17.3. The number of aromatic nitrogens is 1. The molecule has 8 heteroatoms. The fourth-order valence-corrected chi connectivity index (χ4v) is 4.43. The third-order valence-electron chi connectivity index (χ3n) is 4.88. The second-order valence-corrected chi connectivity index (χ2v) is 8.79. The monoisotopic (exact) mass is 487 g/mol. The molecule has 1 aromatic heterocycles. The molecule has 0 aliphatic rings. The molecule has 0 spiro atoms. The summed E-state index contributed by atoms with van der Waals surface area (Å²) in [6, 6.07) is 27.8. The Bertz CT molecular complexity index is 1220. The van der Waals surface area contributed by atoms with E-state index in [0.29, 0.717) is 6.54 Å². The summed E-state index contributed by atoms with van der Waals surface area (Å²) in [5.74, 6) is 0. The normalized spacial score (nSPS) is 10.4. The molecule has 2 amide bonds. The summed E-state index contributed by atoms with van der Waals surface area (Å²) in [5, 5.41) is 5.67. The smallest absolute Gasteiger partial charge is 0.319 e. The summed E-state index contributed by atoms with van der Waals surface area (Å²) < 4.78 is 6.69. The van der Waals surface area contributed by atoms with Crippen molar-refractivity contribution in [1.82, 2.24) is 10.3 Å². The number of nitrogens with zero attached hydrogens (tertiary/aromatic N) is 1. The highest BCUT2D eigenvalue weighted by molar-refractivity contribution is 8.00. The molecule has 4 rings (SSSR count). The van der Waals surface area contributed by atoms with Gasteiger partial charge in [-0.1, -0.05) is 48.3 Å². The molecule has 0 aliphatic carbocycles. The Hall–Kier alpha value is -3.62. The molecule has 0 bridgehead atoms. The van der Waals surface area contributed by atoms with Crippen molar-refractivity contribution in [3.8, 4) is 11.1 Å². The number of hydrogen-bond acceptors (Lipinski definition) is 6. The molecule has 172 valence electrons. The molecule has 1 heterocycles. The Labute approximate surface area is 208 Å². The van der Waals surface area contributed by atoms with Crippen LogP contribution in [0, 0.1) is 0 Å². The van der Waals surface area contributed by atoms with Crippen LogP contribution in [0.3, 0.4) is 0 Å². The summed E-state index contributed by atoms with van der Waals surface area (Å²) in [5.41, 5.74) is 6.00. The highest BCUT2D eigenvalue weighted by Gasteiger charge is 2.07. The first-order valence-electron chi connectivity index (χ1n) is 10.7. The summed E-state index contributed by atoms with van der Waals surface area (Å²) in [7, 11) is 0. The minimum absolute atomic E-state index is 0.258. The zero-order valence-corrected chi connectivity index (χ0v) is 20.2. The van der Waals surface area contributed by atoms with Gasteiger partial charge in [0.25, 0.3) is 0 Å². The van der Waals surface area contributed by atoms with Gasteiger partial charge in [0, 0.05) is 47.2 Å². The van der Waals surface area contributed by atoms with Crippen LogP contribution in [-0.2, 0) is 6.54 Å². The van der Waals surface area contributed by atoms with Crippen LogP contribution in [0.25, 0.3) is 11.1 Å². The third-order valence-corrected chi connectivity index (χ3v) is 6.23. The van der Waals surface area contributed by atoms with Crippen LogP contribution >= 0.6 is 23.9 Å². The van der Waals surface area contributed by atoms with Gasteiger partial charge in [-0.3, -0.25) is 4.98 Å². The maximum atomic E-state index is 12.2. The first kappa shape index (κ1) is 23.5. The van der Waals surface area contributed by atoms with E-state index in [1.807, 2.05) is 54.8 Å². The van der Waals surface area contributed by atoms with Gasteiger partial charge in [0.15, 0.2) is 0 Å². The Balaban J connectivity index is 1.34. The van der Waals surface area contributed by atoms with Crippen molar-refractivity contribution in [2.24, 2.45) is 0 Å². The molecule has 3 aromatic carbocycles. The number of hydrogen-bond donors (Lipinski definition) is 4. The molecule has 0 saturated carbocycles. The Morgan fingerprint density at radius 1 is 0.853 bits per heavy atom. The molecular formula is C26H25N5OS2. The molecular weight excluding hydrogens is 462 g/mol. The van der Waals surface area contributed by atoms with Crippen LogP contribution < -0.4 is 20.1 Å². The molecule has 0 fully saturated rings. The van der Waals surface area contributed by atoms with E-state index in [2.05, 4.69) is 61.5 Å². The van der Waals surface area contributed by atoms with Crippen molar-refractivity contribution in [3.05, 3.63) is 103 Å². The summed E-state index contributed by atoms with van der Waals surface area (Å²) >= 11 is 3.13. The fraction of sp³-hybridized carbons (Fsp3) is 0.0769. The van der Waals surface area contributed by atoms with Crippen molar-refractivity contribution in [2.75, 3.05) is 21.0 Å². The zero-order valence-electron chi connectivity index (χ0n) is 18.6. The van der Waals surface area contributed by atoms with Crippen molar-refractivity contribution in [3.63, 3.8) is 0 Å². The fourth-order valence-electron chi connectivity index (χ4n) is 3.26. The van der Waals surface area contributed by atoms with Crippen LogP contribution in [0.1, 0.15) is 5.56 Å². The van der Waals surface area contributed by atoms with E-state index in [0.717, 1.165) is 38.6 Å². The average Bonchev–Trinajstić information content (AvgIpc) is 2.88. The molecule has 0 radical (unpaired) electrons. The number of pyridine rings is 1. The van der Waals surface area contributed by atoms with Gasteiger partial charge in [-0.05, 0) is 77.2 Å². The minimum atomic E-state index is -0.258. The minimum Gasteiger partial charge on any atom is -0.334 e. The van der Waals surface area contributed by atoms with Gasteiger partial charge >= 0.3 is 6.03 Å². The lowest BCUT2D eigenvalue weighted by molar-refractivity contribution is 0.251. The molecule has 4 N–H and O–H groups in total. The van der Waals surface area contributed by atoms with E-state index in [1.165, 1.54) is 0 Å². The number of carbonyl (C=O) groups excluding carboxylic acids is 1. The van der Waals surface area contributed by atoms with Crippen LogP contribution in [0.15, 0.2) is 102 Å². The lowest BCUT2D eigenvalue weighted by Crippen LogP contribution is -2.28. The first-order valence-corrected chi connectivity index (χ1v) is 12.7. The molecule has 34 heavy (non-hydrogen) atoms. The number of carbonyl (C=O) groups is 1. The maximum absolute atomic E-state index is 12.2. The number of benzene rings is 3. The number of urea groups is 1. The lowest BCUT2D eigenvalue weighted by atomic mass is 10.1. The molecule has 0 atom stereocenters. The molecule has 0 unspecified atom stereocenters. The second kappa shape index (κ2) is 12.0. The van der Waals surface area contributed by atoms with Crippen LogP contribution in [0.4, 0.5) is 21.9 Å². The summed E-state index contributed by atoms with van der Waals surface area (Å²) in [6.07, 6.45) is 5.45. The highest BCUT2D eigenvalue weighted by atomic mass is 32.2. The number of anilines is 3. The van der Waals surface area contributed by atoms with Crippen molar-refractivity contribution >= 4 is 47.0 Å². The topological polar surface area (TPSA) is 78.1 Å². The van der Waals surface area contributed by atoms with Gasteiger partial charge in [-0.15, -0.1) is 0 Å². The first-order chi connectivity index (χ1) is 16.7. The second-order valence-electron chi connectivity index (χ2n) is 7.33. The van der Waals surface area contributed by atoms with Gasteiger partial charge in [-0.25, -0.2) is 4.79 Å². The van der Waals surface area contributed by atoms with E-state index >= 15 is 0 Å². The maximum Gasteiger partial charge on any atom is 0.319 e. The van der Waals surface area contributed by atoms with Gasteiger partial charge in [-0.2, -0.15) is 0 Å². The van der Waals surface area contributed by atoms with E-state index in [4.69, 9.17) is 0 Å². The van der Waals surface area contributed by atoms with Crippen LogP contribution in [0.2, 0.25) is 0 Å². The van der Waals surface area contributed by atoms with E-state index < -0.39 is 0 Å². The Morgan fingerprint density at radius 2 is 1.68 bits per heavy atom. The van der Waals surface area contributed by atoms with Crippen molar-refractivity contribution < 1.29 is 4.79 Å². The molecule has 0 aliphatic heterocycles. The SMILES string of the molecule is CSNc1cccc(-c2ccccc2SNc2ccc(NC(=O)NCc3cccnc3)cc2)c1. The number of rotatable bonds is 9. The highest BCUT2D eigenvalue weighted by Crippen LogP contribution is 2.33. The van der Waals surface area contributed by atoms with Gasteiger partial charge in [0.1, 0.15) is 0 Å². The predicted octanol–water partition coefficient (Wildman–Crippen LogP) is 6.88. The quantitative estimate of drug-likeness (QED) is 0.193. The van der Waals surface area contributed by atoms with E-state index in [-0.39, 0.29) is 6.03 Å². The Morgan fingerprint density at radius 3 is 2.47 bits per heavy atom. The Kier molecular flexibility index (Phi) is 8.32. The molecule has 0 saturated heterocycles. The van der Waals surface area contributed by atoms with E-state index in [9.17, 15) is 4.79 Å². The zero-order chi connectivity index (χ0) is 23.6. The lowest BCUT2D eigenvalue weighted by Gasteiger charge is -2.12. The standard InChI is InChI=1S/C26H25N5OS2/c1-33-30-23-8-4-7-20(16-23)24-9-2-3-10-25(24)34-31-22-13-11-21(12-14-22)29-26(32)28-18-19-6-5-15-27-17-19/h2-17,30-31H,18H2,1H3,(H2,28,29,32). The van der Waals surface area contributed by atoms with Crippen molar-refractivity contribution in [2.45, 2.75) is 11.4 Å². The molecule has 4 aromatic rings. The number of amides is 2.